The molecule has 1 heterocycles. The van der Waals surface area contributed by atoms with Gasteiger partial charge < -0.3 is 19.3 Å². The quantitative estimate of drug-likeness (QED) is 0.588. The molecule has 0 radical (unpaired) electrons. The molecule has 0 atom stereocenters. The normalized spacial score (nSPS) is 12.5. The van der Waals surface area contributed by atoms with Crippen LogP contribution in [0.4, 0.5) is 0 Å². The molecule has 1 aliphatic heterocycles. The second-order valence-electron chi connectivity index (χ2n) is 5.35. The Kier molecular flexibility index (Phi) is 5.48. The Morgan fingerprint density at radius 3 is 2.73 bits per heavy atom. The third-order valence-electron chi connectivity index (χ3n) is 3.63. The Balaban J connectivity index is 1.72. The molecule has 0 unspecified atom stereocenters. The number of aliphatic carboxylic acids is 1. The van der Waals surface area contributed by atoms with E-state index in [1.54, 1.807) is 42.5 Å². The number of hydrogen-bond donors (Lipinski definition) is 1. The zero-order chi connectivity index (χ0) is 18.5. The number of allylic oxidation sites excluding steroid dienone is 1. The number of fused-ring (bicyclic) bond motifs is 1. The summed E-state index contributed by atoms with van der Waals surface area (Å²) in [5.74, 6) is 0.966. The van der Waals surface area contributed by atoms with Gasteiger partial charge in [-0.1, -0.05) is 30.0 Å². The van der Waals surface area contributed by atoms with E-state index in [2.05, 4.69) is 0 Å². The van der Waals surface area contributed by atoms with Crippen LogP contribution in [0.15, 0.2) is 47.4 Å². The van der Waals surface area contributed by atoms with Crippen LogP contribution in [-0.2, 0) is 4.79 Å². The number of thioether (sulfide) groups is 1. The number of benzene rings is 2. The fourth-order valence-corrected chi connectivity index (χ4v) is 3.14. The molecule has 0 fully saturated rings. The van der Waals surface area contributed by atoms with Gasteiger partial charge in [-0.25, -0.2) is 4.79 Å². The van der Waals surface area contributed by atoms with Crippen molar-refractivity contribution in [3.63, 3.8) is 0 Å². The summed E-state index contributed by atoms with van der Waals surface area (Å²) in [6, 6.07) is 10.3. The van der Waals surface area contributed by atoms with E-state index in [0.717, 1.165) is 16.2 Å². The molecule has 2 aromatic carbocycles. The lowest BCUT2D eigenvalue weighted by Gasteiger charge is -2.08. The van der Waals surface area contributed by atoms with Gasteiger partial charge in [0, 0.05) is 6.07 Å². The second kappa shape index (κ2) is 7.97. The van der Waals surface area contributed by atoms with E-state index in [4.69, 9.17) is 19.3 Å². The SMILES string of the molecule is COc1cc2c(cc1C(=O)/C=C/c1ccc(OCC(=O)O)cc1)SCO2. The predicted octanol–water partition coefficient (Wildman–Crippen LogP) is 3.50. The number of hydrogen-bond acceptors (Lipinski definition) is 6. The standard InChI is InChI=1S/C19H16O6S/c1-23-16-9-17-18(26-11-25-17)8-14(16)15(20)7-4-12-2-5-13(6-3-12)24-10-19(21)22/h2-9H,10-11H2,1H3,(H,21,22)/b7-4+. The number of ether oxygens (including phenoxy) is 3. The number of carbonyl (C=O) groups is 2. The minimum absolute atomic E-state index is 0.177. The molecular weight excluding hydrogens is 356 g/mol. The monoisotopic (exact) mass is 372 g/mol. The van der Waals surface area contributed by atoms with Crippen LogP contribution in [0.1, 0.15) is 15.9 Å². The van der Waals surface area contributed by atoms with E-state index in [-0.39, 0.29) is 5.78 Å². The minimum atomic E-state index is -1.04. The van der Waals surface area contributed by atoms with Crippen molar-refractivity contribution in [3.8, 4) is 17.2 Å². The summed E-state index contributed by atoms with van der Waals surface area (Å²) in [5, 5.41) is 8.59. The predicted molar refractivity (Wildman–Crippen MR) is 97.3 cm³/mol. The zero-order valence-corrected chi connectivity index (χ0v) is 14.7. The van der Waals surface area contributed by atoms with E-state index in [9.17, 15) is 9.59 Å². The van der Waals surface area contributed by atoms with E-state index in [0.29, 0.717) is 23.0 Å². The molecule has 0 bridgehead atoms. The van der Waals surface area contributed by atoms with Crippen LogP contribution in [0.3, 0.4) is 0 Å². The summed E-state index contributed by atoms with van der Waals surface area (Å²) in [5.41, 5.74) is 1.26. The number of carboxylic acid groups (broad SMARTS) is 1. The van der Waals surface area contributed by atoms with Gasteiger partial charge in [0.1, 0.15) is 23.2 Å². The van der Waals surface area contributed by atoms with Crippen molar-refractivity contribution in [2.75, 3.05) is 19.7 Å². The Bertz CT molecular complexity index is 857. The van der Waals surface area contributed by atoms with Crippen molar-refractivity contribution >= 4 is 29.6 Å². The summed E-state index contributed by atoms with van der Waals surface area (Å²) >= 11 is 1.53. The highest BCUT2D eigenvalue weighted by Gasteiger charge is 2.19. The van der Waals surface area contributed by atoms with E-state index in [1.165, 1.54) is 24.9 Å². The third kappa shape index (κ3) is 4.18. The molecule has 6 nitrogen and oxygen atoms in total. The van der Waals surface area contributed by atoms with Gasteiger partial charge in [0.25, 0.3) is 0 Å². The molecule has 0 saturated carbocycles. The number of rotatable bonds is 7. The maximum absolute atomic E-state index is 12.5. The van der Waals surface area contributed by atoms with Gasteiger partial charge in [0.2, 0.25) is 0 Å². The highest BCUT2D eigenvalue weighted by Crippen LogP contribution is 2.40. The van der Waals surface area contributed by atoms with E-state index < -0.39 is 12.6 Å². The van der Waals surface area contributed by atoms with Crippen LogP contribution in [0, 0.1) is 0 Å². The first-order valence-electron chi connectivity index (χ1n) is 7.71. The molecule has 26 heavy (non-hydrogen) atoms. The number of carbonyl (C=O) groups excluding carboxylic acids is 1. The van der Waals surface area contributed by atoms with Gasteiger partial charge >= 0.3 is 5.97 Å². The molecular formula is C19H16O6S. The van der Waals surface area contributed by atoms with Crippen LogP contribution >= 0.6 is 11.8 Å². The maximum Gasteiger partial charge on any atom is 0.341 e. The van der Waals surface area contributed by atoms with E-state index in [1.807, 2.05) is 0 Å². The first kappa shape index (κ1) is 17.9. The molecule has 0 spiro atoms. The Morgan fingerprint density at radius 2 is 2.04 bits per heavy atom. The topological polar surface area (TPSA) is 82.1 Å². The average molecular weight is 372 g/mol. The van der Waals surface area contributed by atoms with Crippen molar-refractivity contribution in [2.24, 2.45) is 0 Å². The summed E-state index contributed by atoms with van der Waals surface area (Å²) in [7, 11) is 1.51. The number of ketones is 1. The smallest absolute Gasteiger partial charge is 0.341 e. The van der Waals surface area contributed by atoms with Crippen molar-refractivity contribution in [1.82, 2.24) is 0 Å². The molecule has 2 aromatic rings. The second-order valence-corrected chi connectivity index (χ2v) is 6.32. The lowest BCUT2D eigenvalue weighted by molar-refractivity contribution is -0.139. The van der Waals surface area contributed by atoms with Gasteiger partial charge in [0.15, 0.2) is 12.4 Å². The van der Waals surface area contributed by atoms with Crippen molar-refractivity contribution < 1.29 is 28.9 Å². The highest BCUT2D eigenvalue weighted by molar-refractivity contribution is 7.99. The number of carboxylic acids is 1. The van der Waals surface area contributed by atoms with Crippen molar-refractivity contribution in [2.45, 2.75) is 4.90 Å². The lowest BCUT2D eigenvalue weighted by Crippen LogP contribution is -2.09. The fourth-order valence-electron chi connectivity index (χ4n) is 2.37. The van der Waals surface area contributed by atoms with E-state index >= 15 is 0 Å². The summed E-state index contributed by atoms with van der Waals surface area (Å²) in [6.07, 6.45) is 3.15. The molecule has 7 heteroatoms. The molecule has 0 amide bonds. The lowest BCUT2D eigenvalue weighted by atomic mass is 10.1. The molecule has 3 rings (SSSR count). The first-order valence-corrected chi connectivity index (χ1v) is 8.70. The van der Waals surface area contributed by atoms with Gasteiger partial charge in [-0.2, -0.15) is 0 Å². The molecule has 134 valence electrons. The summed E-state index contributed by atoms with van der Waals surface area (Å²) in [4.78, 5) is 23.9. The summed E-state index contributed by atoms with van der Waals surface area (Å²) in [6.45, 7) is -0.395. The van der Waals surface area contributed by atoms with Gasteiger partial charge in [-0.15, -0.1) is 0 Å². The molecule has 0 saturated heterocycles. The molecule has 1 N–H and O–H groups in total. The van der Waals surface area contributed by atoms with Crippen LogP contribution in [0.25, 0.3) is 6.08 Å². The molecule has 1 aliphatic rings. The van der Waals surface area contributed by atoms with Crippen molar-refractivity contribution in [1.29, 1.82) is 0 Å². The Hall–Kier alpha value is -2.93. The fraction of sp³-hybridized carbons (Fsp3) is 0.158. The van der Waals surface area contributed by atoms with Crippen LogP contribution < -0.4 is 14.2 Å². The minimum Gasteiger partial charge on any atom is -0.496 e. The molecule has 0 aliphatic carbocycles. The Morgan fingerprint density at radius 1 is 1.27 bits per heavy atom. The van der Waals surface area contributed by atoms with Crippen LogP contribution in [0.5, 0.6) is 17.2 Å². The largest absolute Gasteiger partial charge is 0.496 e. The van der Waals surface area contributed by atoms with Crippen LogP contribution in [0.2, 0.25) is 0 Å². The third-order valence-corrected chi connectivity index (χ3v) is 4.50. The van der Waals surface area contributed by atoms with Crippen LogP contribution in [-0.4, -0.2) is 36.5 Å². The highest BCUT2D eigenvalue weighted by atomic mass is 32.2. The maximum atomic E-state index is 12.5. The first-order chi connectivity index (χ1) is 12.6. The number of methoxy groups -OCH3 is 1. The van der Waals surface area contributed by atoms with Gasteiger partial charge in [0.05, 0.1) is 17.6 Å². The van der Waals surface area contributed by atoms with Crippen molar-refractivity contribution in [3.05, 3.63) is 53.6 Å². The van der Waals surface area contributed by atoms with Gasteiger partial charge in [-0.3, -0.25) is 4.79 Å². The van der Waals surface area contributed by atoms with Gasteiger partial charge in [-0.05, 0) is 29.8 Å². The average Bonchev–Trinajstić information content (AvgIpc) is 3.11. The Labute approximate surface area is 154 Å². The molecule has 0 aromatic heterocycles. The zero-order valence-electron chi connectivity index (χ0n) is 13.9. The summed E-state index contributed by atoms with van der Waals surface area (Å²) < 4.78 is 15.8.